The fourth-order valence-corrected chi connectivity index (χ4v) is 2.23. The van der Waals surface area contributed by atoms with Gasteiger partial charge >= 0.3 is 5.69 Å². The first kappa shape index (κ1) is 16.3. The van der Waals surface area contributed by atoms with Gasteiger partial charge < -0.3 is 9.84 Å². The fourth-order valence-electron chi connectivity index (χ4n) is 2.23. The number of rotatable bonds is 4. The summed E-state index contributed by atoms with van der Waals surface area (Å²) in [6, 6.07) is 0.0724. The van der Waals surface area contributed by atoms with Gasteiger partial charge in [0.15, 0.2) is 5.82 Å². The molecule has 2 aromatic heterocycles. The van der Waals surface area contributed by atoms with Crippen LogP contribution < -0.4 is 5.32 Å². The van der Waals surface area contributed by atoms with Crippen LogP contribution in [0.3, 0.4) is 0 Å². The molecular weight excluding hydrogens is 314 g/mol. The number of nitro groups is 1. The second kappa shape index (κ2) is 6.81. The topological polar surface area (TPSA) is 115 Å². The molecule has 10 nitrogen and oxygen atoms in total. The molecule has 3 heterocycles. The lowest BCUT2D eigenvalue weighted by molar-refractivity contribution is -0.385. The molecule has 1 saturated heterocycles. The van der Waals surface area contributed by atoms with Crippen molar-refractivity contribution >= 4 is 18.1 Å². The molecule has 11 heteroatoms. The summed E-state index contributed by atoms with van der Waals surface area (Å²) >= 11 is 0. The molecule has 1 aliphatic heterocycles. The molecule has 1 aliphatic rings. The number of piperazine rings is 1. The van der Waals surface area contributed by atoms with Crippen LogP contribution in [0.25, 0.3) is 0 Å². The molecular formula is C11H16ClN7O3. The van der Waals surface area contributed by atoms with Crippen LogP contribution in [0, 0.1) is 10.1 Å². The van der Waals surface area contributed by atoms with Crippen LogP contribution in [-0.2, 0) is 6.54 Å². The maximum atomic E-state index is 10.6. The highest BCUT2D eigenvalue weighted by Gasteiger charge is 2.25. The van der Waals surface area contributed by atoms with E-state index in [-0.39, 0.29) is 30.7 Å². The van der Waals surface area contributed by atoms with Crippen LogP contribution in [0.15, 0.2) is 16.9 Å². The molecule has 2 aromatic rings. The molecule has 0 spiro atoms. The molecule has 0 radical (unpaired) electrons. The highest BCUT2D eigenvalue weighted by atomic mass is 35.5. The van der Waals surface area contributed by atoms with Gasteiger partial charge in [0, 0.05) is 19.6 Å². The first-order chi connectivity index (χ1) is 10.1. The van der Waals surface area contributed by atoms with Crippen molar-refractivity contribution in [2.45, 2.75) is 12.6 Å². The zero-order valence-corrected chi connectivity index (χ0v) is 12.7. The lowest BCUT2D eigenvalue weighted by Crippen LogP contribution is -2.44. The summed E-state index contributed by atoms with van der Waals surface area (Å²) in [5.74, 6) is 0.989. The Kier molecular flexibility index (Phi) is 5.06. The summed E-state index contributed by atoms with van der Waals surface area (Å²) < 4.78 is 6.59. The summed E-state index contributed by atoms with van der Waals surface area (Å²) in [5.41, 5.74) is -0.0639. The molecule has 22 heavy (non-hydrogen) atoms. The minimum atomic E-state index is -0.495. The van der Waals surface area contributed by atoms with Gasteiger partial charge in [-0.2, -0.15) is 10.1 Å². The predicted octanol–water partition coefficient (Wildman–Crippen LogP) is 0.220. The lowest BCUT2D eigenvalue weighted by atomic mass is 10.2. The SMILES string of the molecule is CN1CCNCC1c1noc(Cn2cc([N+](=O)[O-])cn2)n1.Cl. The Morgan fingerprint density at radius 1 is 1.59 bits per heavy atom. The van der Waals surface area contributed by atoms with Gasteiger partial charge in [-0.15, -0.1) is 12.4 Å². The first-order valence-corrected chi connectivity index (χ1v) is 6.54. The quantitative estimate of drug-likeness (QED) is 0.625. The third-order valence-electron chi connectivity index (χ3n) is 3.42. The molecule has 120 valence electrons. The highest BCUT2D eigenvalue weighted by molar-refractivity contribution is 5.85. The minimum absolute atomic E-state index is 0. The molecule has 0 aromatic carbocycles. The zero-order valence-electron chi connectivity index (χ0n) is 11.9. The van der Waals surface area contributed by atoms with E-state index >= 15 is 0 Å². The van der Waals surface area contributed by atoms with Crippen LogP contribution in [-0.4, -0.2) is 56.4 Å². The average Bonchev–Trinajstić information content (AvgIpc) is 3.09. The van der Waals surface area contributed by atoms with E-state index in [1.54, 1.807) is 0 Å². The summed E-state index contributed by atoms with van der Waals surface area (Å²) in [6.45, 7) is 2.84. The van der Waals surface area contributed by atoms with E-state index in [4.69, 9.17) is 4.52 Å². The van der Waals surface area contributed by atoms with Crippen LogP contribution in [0.4, 0.5) is 5.69 Å². The number of nitrogens with one attached hydrogen (secondary N) is 1. The lowest BCUT2D eigenvalue weighted by Gasteiger charge is -2.30. The van der Waals surface area contributed by atoms with Crippen molar-refractivity contribution in [2.75, 3.05) is 26.7 Å². The Morgan fingerprint density at radius 2 is 2.41 bits per heavy atom. The van der Waals surface area contributed by atoms with Gasteiger partial charge in [-0.1, -0.05) is 5.16 Å². The summed E-state index contributed by atoms with van der Waals surface area (Å²) in [6.07, 6.45) is 2.52. The molecule has 0 aliphatic carbocycles. The molecule has 1 unspecified atom stereocenters. The molecule has 0 amide bonds. The van der Waals surface area contributed by atoms with Crippen molar-refractivity contribution in [3.8, 4) is 0 Å². The second-order valence-corrected chi connectivity index (χ2v) is 4.90. The maximum Gasteiger partial charge on any atom is 0.307 e. The largest absolute Gasteiger partial charge is 0.337 e. The number of aromatic nitrogens is 4. The Balaban J connectivity index is 0.00000176. The van der Waals surface area contributed by atoms with Crippen molar-refractivity contribution in [1.82, 2.24) is 30.1 Å². The predicted molar refractivity (Wildman–Crippen MR) is 77.8 cm³/mol. The third-order valence-corrected chi connectivity index (χ3v) is 3.42. The van der Waals surface area contributed by atoms with Crippen LogP contribution in [0.1, 0.15) is 17.8 Å². The van der Waals surface area contributed by atoms with Gasteiger partial charge in [0.25, 0.3) is 0 Å². The van der Waals surface area contributed by atoms with Gasteiger partial charge in [0.2, 0.25) is 5.89 Å². The zero-order chi connectivity index (χ0) is 14.8. The fraction of sp³-hybridized carbons (Fsp3) is 0.545. The monoisotopic (exact) mass is 329 g/mol. The van der Waals surface area contributed by atoms with E-state index in [9.17, 15) is 10.1 Å². The summed E-state index contributed by atoms with van der Waals surface area (Å²) in [4.78, 5) is 16.6. The smallest absolute Gasteiger partial charge is 0.307 e. The second-order valence-electron chi connectivity index (χ2n) is 4.90. The molecule has 1 fully saturated rings. The summed E-state index contributed by atoms with van der Waals surface area (Å²) in [7, 11) is 2.01. The van der Waals surface area contributed by atoms with E-state index in [0.717, 1.165) is 19.6 Å². The van der Waals surface area contributed by atoms with Crippen molar-refractivity contribution in [2.24, 2.45) is 0 Å². The normalized spacial score (nSPS) is 18.9. The number of halogens is 1. The third kappa shape index (κ3) is 3.40. The Bertz CT molecular complexity index is 643. The van der Waals surface area contributed by atoms with Gasteiger partial charge in [0.1, 0.15) is 18.9 Å². The van der Waals surface area contributed by atoms with Crippen LogP contribution in [0.2, 0.25) is 0 Å². The van der Waals surface area contributed by atoms with Crippen molar-refractivity contribution in [3.63, 3.8) is 0 Å². The molecule has 1 atom stereocenters. The van der Waals surface area contributed by atoms with Crippen molar-refractivity contribution in [3.05, 3.63) is 34.2 Å². The van der Waals surface area contributed by atoms with E-state index < -0.39 is 4.92 Å². The van der Waals surface area contributed by atoms with Gasteiger partial charge in [0.05, 0.1) is 11.0 Å². The Labute approximate surface area is 132 Å². The Morgan fingerprint density at radius 3 is 3.09 bits per heavy atom. The molecule has 1 N–H and O–H groups in total. The van der Waals surface area contributed by atoms with Crippen molar-refractivity contribution in [1.29, 1.82) is 0 Å². The van der Waals surface area contributed by atoms with Gasteiger partial charge in [-0.25, -0.2) is 0 Å². The first-order valence-electron chi connectivity index (χ1n) is 6.54. The van der Waals surface area contributed by atoms with E-state index in [1.165, 1.54) is 17.1 Å². The number of nitrogens with zero attached hydrogens (tertiary/aromatic N) is 6. The standard InChI is InChI=1S/C11H15N7O3.ClH/c1-16-3-2-12-5-9(16)11-14-10(21-15-11)7-17-6-8(4-13-17)18(19)20;/h4,6,9,12H,2-3,5,7H2,1H3;1H. The highest BCUT2D eigenvalue weighted by Crippen LogP contribution is 2.18. The molecule has 0 saturated carbocycles. The van der Waals surface area contributed by atoms with E-state index in [0.29, 0.717) is 11.7 Å². The number of likely N-dealkylation sites (N-methyl/N-ethyl adjacent to an activating group) is 1. The van der Waals surface area contributed by atoms with Gasteiger partial charge in [-0.05, 0) is 7.05 Å². The molecule has 0 bridgehead atoms. The maximum absolute atomic E-state index is 10.6. The van der Waals surface area contributed by atoms with Crippen LogP contribution in [0.5, 0.6) is 0 Å². The number of hydrogen-bond acceptors (Lipinski definition) is 8. The Hall–Kier alpha value is -2.04. The van der Waals surface area contributed by atoms with Crippen molar-refractivity contribution < 1.29 is 9.45 Å². The van der Waals surface area contributed by atoms with E-state index in [1.807, 2.05) is 7.05 Å². The van der Waals surface area contributed by atoms with Gasteiger partial charge in [-0.3, -0.25) is 19.7 Å². The summed E-state index contributed by atoms with van der Waals surface area (Å²) in [5, 5.41) is 21.8. The number of hydrogen-bond donors (Lipinski definition) is 1. The molecule has 3 rings (SSSR count). The minimum Gasteiger partial charge on any atom is -0.337 e. The average molecular weight is 330 g/mol. The van der Waals surface area contributed by atoms with E-state index in [2.05, 4.69) is 25.5 Å². The van der Waals surface area contributed by atoms with Crippen LogP contribution >= 0.6 is 12.4 Å².